The summed E-state index contributed by atoms with van der Waals surface area (Å²) in [6.45, 7) is 2.24. The molecular formula is C11H9Cl2N5O. The van der Waals surface area contributed by atoms with Gasteiger partial charge in [-0.05, 0) is 13.0 Å². The first kappa shape index (κ1) is 12.4. The maximum absolute atomic E-state index is 6.15. The van der Waals surface area contributed by atoms with E-state index in [9.17, 15) is 0 Å². The van der Waals surface area contributed by atoms with E-state index in [0.717, 1.165) is 0 Å². The number of imidazole rings is 1. The van der Waals surface area contributed by atoms with Crippen LogP contribution < -0.4 is 0 Å². The fourth-order valence-electron chi connectivity index (χ4n) is 1.87. The second-order valence-electron chi connectivity index (χ2n) is 4.02. The third-order valence-electron chi connectivity index (χ3n) is 2.64. The molecule has 0 fully saturated rings. The van der Waals surface area contributed by atoms with E-state index in [4.69, 9.17) is 27.7 Å². The lowest BCUT2D eigenvalue weighted by Crippen LogP contribution is -2.07. The summed E-state index contributed by atoms with van der Waals surface area (Å²) in [6.07, 6.45) is 2.85. The molecule has 3 aromatic heterocycles. The molecule has 19 heavy (non-hydrogen) atoms. The zero-order valence-corrected chi connectivity index (χ0v) is 11.4. The van der Waals surface area contributed by atoms with Crippen LogP contribution >= 0.6 is 23.2 Å². The van der Waals surface area contributed by atoms with Crippen LogP contribution in [0.4, 0.5) is 0 Å². The topological polar surface area (TPSA) is 69.6 Å². The summed E-state index contributed by atoms with van der Waals surface area (Å²) in [7, 11) is 0. The predicted octanol–water partition coefficient (Wildman–Crippen LogP) is 2.82. The molecule has 0 spiro atoms. The minimum atomic E-state index is -0.264. The van der Waals surface area contributed by atoms with Crippen molar-refractivity contribution >= 4 is 34.4 Å². The molecule has 3 heterocycles. The fraction of sp³-hybridized carbons (Fsp3) is 0.273. The molecule has 0 saturated heterocycles. The molecule has 0 saturated carbocycles. The van der Waals surface area contributed by atoms with Gasteiger partial charge < -0.3 is 9.09 Å². The second-order valence-corrected chi connectivity index (χ2v) is 5.11. The van der Waals surface area contributed by atoms with Gasteiger partial charge in [0.25, 0.3) is 0 Å². The van der Waals surface area contributed by atoms with E-state index in [2.05, 4.69) is 20.1 Å². The Morgan fingerprint density at radius 3 is 2.95 bits per heavy atom. The Hall–Kier alpha value is -1.66. The summed E-state index contributed by atoms with van der Waals surface area (Å²) in [5, 5.41) is 4.05. The first-order chi connectivity index (χ1) is 9.15. The van der Waals surface area contributed by atoms with Gasteiger partial charge >= 0.3 is 0 Å². The summed E-state index contributed by atoms with van der Waals surface area (Å²) < 4.78 is 6.58. The zero-order chi connectivity index (χ0) is 13.4. The highest BCUT2D eigenvalue weighted by Crippen LogP contribution is 2.25. The first-order valence-electron chi connectivity index (χ1n) is 5.56. The molecule has 0 aromatic carbocycles. The van der Waals surface area contributed by atoms with Gasteiger partial charge in [0.05, 0.1) is 16.9 Å². The van der Waals surface area contributed by atoms with Gasteiger partial charge in [0, 0.05) is 6.20 Å². The molecule has 0 aliphatic heterocycles. The molecular weight excluding hydrogens is 289 g/mol. The summed E-state index contributed by atoms with van der Waals surface area (Å²) in [5.74, 6) is 1.23. The third kappa shape index (κ3) is 2.29. The number of hydrogen-bond acceptors (Lipinski definition) is 5. The number of hydrogen-bond donors (Lipinski definition) is 0. The van der Waals surface area contributed by atoms with E-state index in [1.807, 2.05) is 11.5 Å². The highest BCUT2D eigenvalue weighted by molar-refractivity contribution is 6.31. The summed E-state index contributed by atoms with van der Waals surface area (Å²) in [5.41, 5.74) is 1.38. The van der Waals surface area contributed by atoms with Crippen LogP contribution in [0, 0.1) is 0 Å². The van der Waals surface area contributed by atoms with Crippen molar-refractivity contribution in [1.82, 2.24) is 24.7 Å². The van der Waals surface area contributed by atoms with Crippen LogP contribution in [-0.4, -0.2) is 24.7 Å². The average Bonchev–Trinajstić information content (AvgIpc) is 2.97. The molecule has 0 radical (unpaired) electrons. The van der Waals surface area contributed by atoms with Crippen molar-refractivity contribution in [2.75, 3.05) is 0 Å². The summed E-state index contributed by atoms with van der Waals surface area (Å²) in [4.78, 5) is 12.7. The van der Waals surface area contributed by atoms with Crippen molar-refractivity contribution in [2.45, 2.75) is 18.8 Å². The quantitative estimate of drug-likeness (QED) is 0.695. The monoisotopic (exact) mass is 297 g/mol. The lowest BCUT2D eigenvalue weighted by Gasteiger charge is -2.07. The maximum atomic E-state index is 6.15. The van der Waals surface area contributed by atoms with Crippen molar-refractivity contribution < 1.29 is 4.52 Å². The Labute approximate surface area is 118 Å². The fourth-order valence-corrected chi connectivity index (χ4v) is 2.19. The predicted molar refractivity (Wildman–Crippen MR) is 70.2 cm³/mol. The second kappa shape index (κ2) is 4.79. The standard InChI is InChI=1S/C11H9Cl2N5O/c1-6(12)10-16-8-2-7(13)3-14-11(8)18(10)4-9-15-5-19-17-9/h2-3,5-6H,4H2,1H3. The highest BCUT2D eigenvalue weighted by atomic mass is 35.5. The molecule has 6 nitrogen and oxygen atoms in total. The van der Waals surface area contributed by atoms with Gasteiger partial charge in [-0.15, -0.1) is 11.6 Å². The minimum absolute atomic E-state index is 0.264. The number of rotatable bonds is 3. The number of alkyl halides is 1. The number of pyridine rings is 1. The van der Waals surface area contributed by atoms with Gasteiger partial charge in [0.15, 0.2) is 11.5 Å². The molecule has 1 atom stereocenters. The highest BCUT2D eigenvalue weighted by Gasteiger charge is 2.17. The van der Waals surface area contributed by atoms with E-state index in [0.29, 0.717) is 34.4 Å². The summed E-state index contributed by atoms with van der Waals surface area (Å²) in [6, 6.07) is 1.75. The SMILES string of the molecule is CC(Cl)c1nc2cc(Cl)cnc2n1Cc1ncon1. The summed E-state index contributed by atoms with van der Waals surface area (Å²) >= 11 is 12.1. The van der Waals surface area contributed by atoms with Gasteiger partial charge in [-0.3, -0.25) is 0 Å². The van der Waals surface area contributed by atoms with Gasteiger partial charge in [0.1, 0.15) is 11.3 Å². The van der Waals surface area contributed by atoms with Crippen LogP contribution in [0.5, 0.6) is 0 Å². The first-order valence-corrected chi connectivity index (χ1v) is 6.37. The lowest BCUT2D eigenvalue weighted by molar-refractivity contribution is 0.408. The molecule has 0 aliphatic rings. The van der Waals surface area contributed by atoms with Crippen LogP contribution in [-0.2, 0) is 6.54 Å². The van der Waals surface area contributed by atoms with Crippen LogP contribution in [0.3, 0.4) is 0 Å². The largest absolute Gasteiger partial charge is 0.343 e. The molecule has 3 rings (SSSR count). The zero-order valence-electron chi connectivity index (χ0n) is 9.92. The van der Waals surface area contributed by atoms with Crippen molar-refractivity contribution in [3.8, 4) is 0 Å². The van der Waals surface area contributed by atoms with E-state index in [1.165, 1.54) is 6.39 Å². The van der Waals surface area contributed by atoms with Crippen LogP contribution in [0.15, 0.2) is 23.2 Å². The molecule has 8 heteroatoms. The Morgan fingerprint density at radius 1 is 1.42 bits per heavy atom. The minimum Gasteiger partial charge on any atom is -0.343 e. The average molecular weight is 298 g/mol. The van der Waals surface area contributed by atoms with Gasteiger partial charge in [0.2, 0.25) is 6.39 Å². The molecule has 1 unspecified atom stereocenters. The molecule has 0 aliphatic carbocycles. The smallest absolute Gasteiger partial charge is 0.213 e. The Bertz CT molecular complexity index is 707. The van der Waals surface area contributed by atoms with E-state index in [-0.39, 0.29) is 5.38 Å². The number of nitrogens with zero attached hydrogens (tertiary/aromatic N) is 5. The van der Waals surface area contributed by atoms with E-state index >= 15 is 0 Å². The van der Waals surface area contributed by atoms with Crippen molar-refractivity contribution in [1.29, 1.82) is 0 Å². The van der Waals surface area contributed by atoms with Gasteiger partial charge in [-0.25, -0.2) is 9.97 Å². The van der Waals surface area contributed by atoms with Gasteiger partial charge in [-0.1, -0.05) is 16.8 Å². The molecule has 0 bridgehead atoms. The Morgan fingerprint density at radius 2 is 2.26 bits per heavy atom. The van der Waals surface area contributed by atoms with Gasteiger partial charge in [-0.2, -0.15) is 4.98 Å². The molecule has 0 amide bonds. The van der Waals surface area contributed by atoms with Crippen LogP contribution in [0.25, 0.3) is 11.2 Å². The number of halogens is 2. The number of aromatic nitrogens is 5. The van der Waals surface area contributed by atoms with Crippen molar-refractivity contribution in [3.05, 3.63) is 35.3 Å². The molecule has 98 valence electrons. The maximum Gasteiger partial charge on any atom is 0.213 e. The van der Waals surface area contributed by atoms with Crippen LogP contribution in [0.1, 0.15) is 23.9 Å². The van der Waals surface area contributed by atoms with Crippen molar-refractivity contribution in [3.63, 3.8) is 0 Å². The third-order valence-corrected chi connectivity index (χ3v) is 3.05. The molecule has 0 N–H and O–H groups in total. The van der Waals surface area contributed by atoms with Crippen molar-refractivity contribution in [2.24, 2.45) is 0 Å². The van der Waals surface area contributed by atoms with E-state index < -0.39 is 0 Å². The van der Waals surface area contributed by atoms with E-state index in [1.54, 1.807) is 12.3 Å². The molecule has 3 aromatic rings. The van der Waals surface area contributed by atoms with Crippen LogP contribution in [0.2, 0.25) is 5.02 Å². The Kier molecular flexibility index (Phi) is 3.12. The normalized spacial score (nSPS) is 13.0. The number of fused-ring (bicyclic) bond motifs is 1. The Balaban J connectivity index is 2.16. The lowest BCUT2D eigenvalue weighted by atomic mass is 10.4.